The number of nitrogen functional groups attached to an aromatic ring is 1. The van der Waals surface area contributed by atoms with Gasteiger partial charge in [-0.25, -0.2) is 0 Å². The summed E-state index contributed by atoms with van der Waals surface area (Å²) in [6, 6.07) is 7.89. The van der Waals surface area contributed by atoms with Crippen LogP contribution in [-0.4, -0.2) is 6.61 Å². The predicted molar refractivity (Wildman–Crippen MR) is 57.9 cm³/mol. The van der Waals surface area contributed by atoms with Crippen molar-refractivity contribution in [2.45, 2.75) is 25.9 Å². The lowest BCUT2D eigenvalue weighted by Gasteiger charge is -2.24. The smallest absolute Gasteiger partial charge is 0.0717 e. The summed E-state index contributed by atoms with van der Waals surface area (Å²) < 4.78 is 5.62. The molecule has 0 saturated heterocycles. The normalized spacial score (nSPS) is 16.6. The highest BCUT2D eigenvalue weighted by Crippen LogP contribution is 2.26. The highest BCUT2D eigenvalue weighted by atomic mass is 16.5. The molecule has 1 saturated carbocycles. The van der Waals surface area contributed by atoms with Crippen molar-refractivity contribution in [3.8, 4) is 0 Å². The Labute approximate surface area is 85.1 Å². The highest BCUT2D eigenvalue weighted by molar-refractivity contribution is 5.39. The van der Waals surface area contributed by atoms with Crippen molar-refractivity contribution in [2.75, 3.05) is 12.3 Å². The van der Waals surface area contributed by atoms with Crippen molar-refractivity contribution in [1.29, 1.82) is 0 Å². The average molecular weight is 191 g/mol. The van der Waals surface area contributed by atoms with Crippen LogP contribution in [-0.2, 0) is 11.3 Å². The number of rotatable bonds is 4. The minimum absolute atomic E-state index is 0.719. The molecule has 2 nitrogen and oxygen atoms in total. The van der Waals surface area contributed by atoms with E-state index in [0.29, 0.717) is 0 Å². The van der Waals surface area contributed by atoms with Crippen LogP contribution in [0.15, 0.2) is 24.3 Å². The average Bonchev–Trinajstić information content (AvgIpc) is 2.12. The van der Waals surface area contributed by atoms with Gasteiger partial charge in [-0.05, 0) is 36.5 Å². The number of hydrogen-bond acceptors (Lipinski definition) is 2. The fraction of sp³-hybridized carbons (Fsp3) is 0.500. The first-order valence-electron chi connectivity index (χ1n) is 5.27. The van der Waals surface area contributed by atoms with Crippen LogP contribution < -0.4 is 5.73 Å². The summed E-state index contributed by atoms with van der Waals surface area (Å²) in [6.45, 7) is 1.64. The molecule has 2 heteroatoms. The lowest BCUT2D eigenvalue weighted by molar-refractivity contribution is 0.0596. The van der Waals surface area contributed by atoms with E-state index in [1.54, 1.807) is 0 Å². The van der Waals surface area contributed by atoms with Crippen molar-refractivity contribution in [3.63, 3.8) is 0 Å². The van der Waals surface area contributed by atoms with Gasteiger partial charge in [-0.15, -0.1) is 0 Å². The molecular weight excluding hydrogens is 174 g/mol. The van der Waals surface area contributed by atoms with Crippen LogP contribution in [0, 0.1) is 5.92 Å². The Balaban J connectivity index is 1.71. The first kappa shape index (κ1) is 9.53. The molecule has 0 spiro atoms. The molecule has 76 valence electrons. The Hall–Kier alpha value is -1.02. The molecular formula is C12H17NO. The fourth-order valence-corrected chi connectivity index (χ4v) is 1.62. The Morgan fingerprint density at radius 3 is 2.50 bits per heavy atom. The van der Waals surface area contributed by atoms with E-state index in [1.165, 1.54) is 24.8 Å². The van der Waals surface area contributed by atoms with Crippen molar-refractivity contribution < 1.29 is 4.74 Å². The fourth-order valence-electron chi connectivity index (χ4n) is 1.62. The maximum atomic E-state index is 5.62. The van der Waals surface area contributed by atoms with Gasteiger partial charge in [0.25, 0.3) is 0 Å². The largest absolute Gasteiger partial charge is 0.399 e. The standard InChI is InChI=1S/C12H17NO/c13-12-6-4-11(5-7-12)9-14-8-10-2-1-3-10/h4-7,10H,1-3,8-9,13H2. The van der Waals surface area contributed by atoms with E-state index in [0.717, 1.165) is 24.8 Å². The molecule has 0 heterocycles. The van der Waals surface area contributed by atoms with Gasteiger partial charge in [0.05, 0.1) is 6.61 Å². The molecule has 1 aromatic carbocycles. The third kappa shape index (κ3) is 2.48. The van der Waals surface area contributed by atoms with E-state index in [4.69, 9.17) is 10.5 Å². The second kappa shape index (κ2) is 4.47. The van der Waals surface area contributed by atoms with Crippen molar-refractivity contribution in [2.24, 2.45) is 5.92 Å². The quantitative estimate of drug-likeness (QED) is 0.742. The summed E-state index contributed by atoms with van der Waals surface area (Å²) in [5, 5.41) is 0. The van der Waals surface area contributed by atoms with E-state index >= 15 is 0 Å². The minimum Gasteiger partial charge on any atom is -0.399 e. The molecule has 2 N–H and O–H groups in total. The second-order valence-electron chi connectivity index (χ2n) is 4.05. The van der Waals surface area contributed by atoms with Gasteiger partial charge in [0.15, 0.2) is 0 Å². The Morgan fingerprint density at radius 1 is 1.21 bits per heavy atom. The number of nitrogens with two attached hydrogens (primary N) is 1. The number of anilines is 1. The molecule has 1 fully saturated rings. The van der Waals surface area contributed by atoms with Crippen LogP contribution >= 0.6 is 0 Å². The molecule has 0 aromatic heterocycles. The summed E-state index contributed by atoms with van der Waals surface area (Å²) in [5.74, 6) is 0.823. The van der Waals surface area contributed by atoms with Gasteiger partial charge < -0.3 is 10.5 Å². The van der Waals surface area contributed by atoms with Crippen LogP contribution in [0.4, 0.5) is 5.69 Å². The predicted octanol–water partition coefficient (Wildman–Crippen LogP) is 2.59. The van der Waals surface area contributed by atoms with Gasteiger partial charge >= 0.3 is 0 Å². The summed E-state index contributed by atoms with van der Waals surface area (Å²) in [4.78, 5) is 0. The Kier molecular flexibility index (Phi) is 3.04. The van der Waals surface area contributed by atoms with Gasteiger partial charge in [0, 0.05) is 12.3 Å². The van der Waals surface area contributed by atoms with Crippen LogP contribution in [0.3, 0.4) is 0 Å². The third-order valence-electron chi connectivity index (χ3n) is 2.83. The van der Waals surface area contributed by atoms with E-state index < -0.39 is 0 Å². The van der Waals surface area contributed by atoms with E-state index in [1.807, 2.05) is 24.3 Å². The zero-order valence-corrected chi connectivity index (χ0v) is 8.41. The zero-order valence-electron chi connectivity index (χ0n) is 8.41. The van der Waals surface area contributed by atoms with Crippen molar-refractivity contribution >= 4 is 5.69 Å². The molecule has 1 aromatic rings. The number of benzene rings is 1. The lowest BCUT2D eigenvalue weighted by atomic mass is 9.86. The molecule has 14 heavy (non-hydrogen) atoms. The Morgan fingerprint density at radius 2 is 1.93 bits per heavy atom. The summed E-state index contributed by atoms with van der Waals surface area (Å²) in [7, 11) is 0. The van der Waals surface area contributed by atoms with Crippen LogP contribution in [0.1, 0.15) is 24.8 Å². The lowest BCUT2D eigenvalue weighted by Crippen LogP contribution is -2.17. The first-order chi connectivity index (χ1) is 6.84. The summed E-state index contributed by atoms with van der Waals surface area (Å²) in [5.41, 5.74) is 7.61. The SMILES string of the molecule is Nc1ccc(COCC2CCC2)cc1. The Bertz CT molecular complexity index is 277. The summed E-state index contributed by atoms with van der Waals surface area (Å²) in [6.07, 6.45) is 4.08. The van der Waals surface area contributed by atoms with Crippen molar-refractivity contribution in [1.82, 2.24) is 0 Å². The number of ether oxygens (including phenoxy) is 1. The monoisotopic (exact) mass is 191 g/mol. The first-order valence-corrected chi connectivity index (χ1v) is 5.27. The van der Waals surface area contributed by atoms with Crippen LogP contribution in [0.25, 0.3) is 0 Å². The zero-order chi connectivity index (χ0) is 9.80. The van der Waals surface area contributed by atoms with Gasteiger partial charge in [0.1, 0.15) is 0 Å². The molecule has 0 bridgehead atoms. The maximum absolute atomic E-state index is 5.62. The van der Waals surface area contributed by atoms with Gasteiger partial charge in [-0.1, -0.05) is 18.6 Å². The topological polar surface area (TPSA) is 35.2 Å². The molecule has 0 atom stereocenters. The van der Waals surface area contributed by atoms with Crippen LogP contribution in [0.5, 0.6) is 0 Å². The van der Waals surface area contributed by atoms with E-state index in [2.05, 4.69) is 0 Å². The van der Waals surface area contributed by atoms with Gasteiger partial charge in [-0.2, -0.15) is 0 Å². The molecule has 2 rings (SSSR count). The van der Waals surface area contributed by atoms with Crippen LogP contribution in [0.2, 0.25) is 0 Å². The molecule has 0 unspecified atom stereocenters. The van der Waals surface area contributed by atoms with Gasteiger partial charge in [0.2, 0.25) is 0 Å². The molecule has 1 aliphatic rings. The highest BCUT2D eigenvalue weighted by Gasteiger charge is 2.16. The maximum Gasteiger partial charge on any atom is 0.0717 e. The summed E-state index contributed by atoms with van der Waals surface area (Å²) >= 11 is 0. The van der Waals surface area contributed by atoms with E-state index in [9.17, 15) is 0 Å². The second-order valence-corrected chi connectivity index (χ2v) is 4.05. The number of hydrogen-bond donors (Lipinski definition) is 1. The molecule has 0 radical (unpaired) electrons. The molecule has 1 aliphatic carbocycles. The van der Waals surface area contributed by atoms with E-state index in [-0.39, 0.29) is 0 Å². The molecule has 0 amide bonds. The minimum atomic E-state index is 0.719. The van der Waals surface area contributed by atoms with Gasteiger partial charge in [-0.3, -0.25) is 0 Å². The third-order valence-corrected chi connectivity index (χ3v) is 2.83. The van der Waals surface area contributed by atoms with Crippen molar-refractivity contribution in [3.05, 3.63) is 29.8 Å². The molecule has 0 aliphatic heterocycles.